The van der Waals surface area contributed by atoms with Crippen LogP contribution in [0.2, 0.25) is 0 Å². The van der Waals surface area contributed by atoms with Gasteiger partial charge in [-0.15, -0.1) is 0 Å². The number of carbonyl (C=O) groups excluding carboxylic acids is 3. The Labute approximate surface area is 175 Å². The summed E-state index contributed by atoms with van der Waals surface area (Å²) in [5.74, 6) is -1.35. The molecule has 0 saturated carbocycles. The number of hydrogen-bond donors (Lipinski definition) is 2. The average Bonchev–Trinajstić information content (AvgIpc) is 3.46. The van der Waals surface area contributed by atoms with Crippen molar-refractivity contribution < 1.29 is 23.5 Å². The van der Waals surface area contributed by atoms with E-state index in [4.69, 9.17) is 10.5 Å². The molecular formula is C19H18FN7O4. The molecule has 11 nitrogen and oxygen atoms in total. The monoisotopic (exact) mass is 427 g/mol. The van der Waals surface area contributed by atoms with Gasteiger partial charge in [-0.05, 0) is 18.2 Å². The van der Waals surface area contributed by atoms with Gasteiger partial charge in [0.05, 0.1) is 24.5 Å². The summed E-state index contributed by atoms with van der Waals surface area (Å²) >= 11 is 0. The molecule has 1 atom stereocenters. The predicted molar refractivity (Wildman–Crippen MR) is 106 cm³/mol. The third-order valence-corrected chi connectivity index (χ3v) is 4.66. The van der Waals surface area contributed by atoms with Crippen molar-refractivity contribution in [2.75, 3.05) is 23.7 Å². The molecule has 0 bridgehead atoms. The lowest BCUT2D eigenvalue weighted by molar-refractivity contribution is -0.119. The van der Waals surface area contributed by atoms with Gasteiger partial charge in [-0.2, -0.15) is 0 Å². The highest BCUT2D eigenvalue weighted by Crippen LogP contribution is 2.25. The first-order chi connectivity index (χ1) is 14.8. The molecule has 1 saturated heterocycles. The molecule has 3 N–H and O–H groups in total. The van der Waals surface area contributed by atoms with Crippen LogP contribution in [-0.2, 0) is 9.53 Å². The Morgan fingerprint density at radius 1 is 1.35 bits per heavy atom. The zero-order valence-electron chi connectivity index (χ0n) is 16.4. The first-order valence-corrected chi connectivity index (χ1v) is 9.23. The van der Waals surface area contributed by atoms with Gasteiger partial charge < -0.3 is 20.4 Å². The highest BCUT2D eigenvalue weighted by Gasteiger charge is 2.32. The van der Waals surface area contributed by atoms with E-state index in [0.717, 1.165) is 4.57 Å². The summed E-state index contributed by atoms with van der Waals surface area (Å²) in [6.45, 7) is 1.71. The molecule has 1 fully saturated rings. The molecule has 0 aliphatic carbocycles. The lowest BCUT2D eigenvalue weighted by Crippen LogP contribution is -2.33. The number of nitrogens with two attached hydrogens (primary N) is 1. The third-order valence-electron chi connectivity index (χ3n) is 4.66. The molecular weight excluding hydrogens is 409 g/mol. The molecule has 12 heteroatoms. The van der Waals surface area contributed by atoms with Gasteiger partial charge in [0.2, 0.25) is 11.9 Å². The zero-order chi connectivity index (χ0) is 22.1. The molecule has 0 spiro atoms. The van der Waals surface area contributed by atoms with Crippen LogP contribution in [-0.4, -0.2) is 56.2 Å². The summed E-state index contributed by atoms with van der Waals surface area (Å²) in [6.07, 6.45) is 4.29. The van der Waals surface area contributed by atoms with Gasteiger partial charge in [-0.25, -0.2) is 19.2 Å². The Hall–Kier alpha value is -4.22. The van der Waals surface area contributed by atoms with Gasteiger partial charge in [-0.1, -0.05) is 0 Å². The van der Waals surface area contributed by atoms with Crippen LogP contribution in [0.1, 0.15) is 17.4 Å². The van der Waals surface area contributed by atoms with Crippen LogP contribution < -0.4 is 16.0 Å². The number of nitrogens with zero attached hydrogens (tertiary/aromatic N) is 5. The van der Waals surface area contributed by atoms with Gasteiger partial charge in [0.1, 0.15) is 23.9 Å². The second kappa shape index (κ2) is 7.89. The minimum Gasteiger partial charge on any atom is -0.442 e. The normalized spacial score (nSPS) is 15.7. The Morgan fingerprint density at radius 3 is 2.84 bits per heavy atom. The third kappa shape index (κ3) is 3.95. The average molecular weight is 427 g/mol. The van der Waals surface area contributed by atoms with Crippen molar-refractivity contribution in [1.82, 2.24) is 24.4 Å². The van der Waals surface area contributed by atoms with Crippen molar-refractivity contribution in [2.24, 2.45) is 0 Å². The molecule has 0 radical (unpaired) electrons. The first-order valence-electron chi connectivity index (χ1n) is 9.23. The van der Waals surface area contributed by atoms with Gasteiger partial charge in [0, 0.05) is 25.5 Å². The SMILES string of the molecule is CC(=O)NCC1CN(c2ccc(-n3cnc(C(=O)n4ccnc4N)c3)c(F)c2)C(=O)O1. The molecule has 2 aromatic heterocycles. The molecule has 1 aliphatic rings. The molecule has 1 aromatic carbocycles. The number of ether oxygens (including phenoxy) is 1. The minimum absolute atomic E-state index is 0.0180. The molecule has 3 aromatic rings. The quantitative estimate of drug-likeness (QED) is 0.618. The van der Waals surface area contributed by atoms with Crippen LogP contribution >= 0.6 is 0 Å². The number of carbonyl (C=O) groups is 3. The van der Waals surface area contributed by atoms with Gasteiger partial charge in [0.15, 0.2) is 0 Å². The van der Waals surface area contributed by atoms with Crippen molar-refractivity contribution >= 4 is 29.5 Å². The second-order valence-corrected chi connectivity index (χ2v) is 6.82. The van der Waals surface area contributed by atoms with Crippen LogP contribution in [0.4, 0.5) is 20.8 Å². The summed E-state index contributed by atoms with van der Waals surface area (Å²) in [7, 11) is 0. The number of anilines is 2. The van der Waals surface area contributed by atoms with Gasteiger partial charge in [0.25, 0.3) is 5.91 Å². The van der Waals surface area contributed by atoms with Crippen LogP contribution in [0.25, 0.3) is 5.69 Å². The van der Waals surface area contributed by atoms with E-state index in [1.807, 2.05) is 0 Å². The maximum atomic E-state index is 14.8. The van der Waals surface area contributed by atoms with Gasteiger partial charge >= 0.3 is 6.09 Å². The zero-order valence-corrected chi connectivity index (χ0v) is 16.4. The number of amides is 2. The number of imidazole rings is 2. The van der Waals surface area contributed by atoms with Crippen molar-refractivity contribution in [1.29, 1.82) is 0 Å². The Morgan fingerprint density at radius 2 is 2.16 bits per heavy atom. The number of hydrogen-bond acceptors (Lipinski definition) is 7. The van der Waals surface area contributed by atoms with Crippen molar-refractivity contribution in [3.05, 3.63) is 54.6 Å². The number of cyclic esters (lactones) is 1. The van der Waals surface area contributed by atoms with E-state index in [2.05, 4.69) is 15.3 Å². The summed E-state index contributed by atoms with van der Waals surface area (Å²) < 4.78 is 22.5. The smallest absolute Gasteiger partial charge is 0.414 e. The maximum absolute atomic E-state index is 14.8. The van der Waals surface area contributed by atoms with Gasteiger partial charge in [-0.3, -0.25) is 19.1 Å². The second-order valence-electron chi connectivity index (χ2n) is 6.82. The fourth-order valence-corrected chi connectivity index (χ4v) is 3.14. The van der Waals surface area contributed by atoms with E-state index in [0.29, 0.717) is 5.69 Å². The molecule has 2 amide bonds. The molecule has 1 unspecified atom stereocenters. The lowest BCUT2D eigenvalue weighted by Gasteiger charge is -2.14. The summed E-state index contributed by atoms with van der Waals surface area (Å²) in [4.78, 5) is 44.6. The number of nitrogen functional groups attached to an aromatic ring is 1. The lowest BCUT2D eigenvalue weighted by atomic mass is 10.2. The topological polar surface area (TPSA) is 137 Å². The van der Waals surface area contributed by atoms with E-state index >= 15 is 0 Å². The number of rotatable bonds is 5. The molecule has 1 aliphatic heterocycles. The number of benzene rings is 1. The number of halogens is 1. The summed E-state index contributed by atoms with van der Waals surface area (Å²) in [5.41, 5.74) is 6.12. The van der Waals surface area contributed by atoms with E-state index < -0.39 is 23.9 Å². The molecule has 3 heterocycles. The fraction of sp³-hybridized carbons (Fsp3) is 0.211. The highest BCUT2D eigenvalue weighted by atomic mass is 19.1. The largest absolute Gasteiger partial charge is 0.442 e. The molecule has 160 valence electrons. The molecule has 31 heavy (non-hydrogen) atoms. The molecule has 4 rings (SSSR count). The van der Waals surface area contributed by atoms with Crippen molar-refractivity contribution in [3.8, 4) is 5.69 Å². The van der Waals surface area contributed by atoms with Crippen molar-refractivity contribution in [2.45, 2.75) is 13.0 Å². The van der Waals surface area contributed by atoms with Crippen LogP contribution in [0.15, 0.2) is 43.1 Å². The maximum Gasteiger partial charge on any atom is 0.414 e. The Kier molecular flexibility index (Phi) is 5.11. The van der Waals surface area contributed by atoms with Crippen LogP contribution in [0.5, 0.6) is 0 Å². The Bertz CT molecular complexity index is 1170. The number of aromatic nitrogens is 4. The van der Waals surface area contributed by atoms with Crippen LogP contribution in [0.3, 0.4) is 0 Å². The van der Waals surface area contributed by atoms with Crippen molar-refractivity contribution in [3.63, 3.8) is 0 Å². The summed E-state index contributed by atoms with van der Waals surface area (Å²) in [5, 5.41) is 2.58. The predicted octanol–water partition coefficient (Wildman–Crippen LogP) is 0.940. The first kappa shape index (κ1) is 20.1. The fourth-order valence-electron chi connectivity index (χ4n) is 3.14. The van der Waals surface area contributed by atoms with E-state index in [9.17, 15) is 18.8 Å². The minimum atomic E-state index is -0.630. The van der Waals surface area contributed by atoms with E-state index in [1.165, 1.54) is 53.4 Å². The highest BCUT2D eigenvalue weighted by molar-refractivity contribution is 5.95. The summed E-state index contributed by atoms with van der Waals surface area (Å²) in [6, 6.07) is 4.20. The Balaban J connectivity index is 1.52. The number of nitrogens with one attached hydrogen (secondary N) is 1. The standard InChI is InChI=1S/C19H18FN7O4/c1-11(28)23-7-13-8-27(19(30)31-13)12-2-3-16(14(20)6-12)25-9-15(24-10-25)17(29)26-5-4-22-18(26)21/h2-6,9-10,13H,7-8H2,1H3,(H2,21,22)(H,23,28). The van der Waals surface area contributed by atoms with Crippen LogP contribution in [0, 0.1) is 5.82 Å². The van der Waals surface area contributed by atoms with E-state index in [-0.39, 0.29) is 36.3 Å². The van der Waals surface area contributed by atoms with E-state index in [1.54, 1.807) is 6.07 Å².